The maximum atomic E-state index is 11.8. The number of nitrogens with one attached hydrogen (secondary N) is 2. The molecule has 0 saturated carbocycles. The van der Waals surface area contributed by atoms with Crippen molar-refractivity contribution in [3.05, 3.63) is 38.9 Å². The highest BCUT2D eigenvalue weighted by molar-refractivity contribution is 6.31. The van der Waals surface area contributed by atoms with Gasteiger partial charge in [0.2, 0.25) is 0 Å². The second-order valence-electron chi connectivity index (χ2n) is 3.96. The Morgan fingerprint density at radius 3 is 2.60 bits per heavy atom. The first kappa shape index (κ1) is 18.6. The van der Waals surface area contributed by atoms with E-state index in [0.717, 1.165) is 13.0 Å². The fourth-order valence-electron chi connectivity index (χ4n) is 1.48. The molecule has 0 spiro atoms. The van der Waals surface area contributed by atoms with Crippen molar-refractivity contribution in [1.82, 2.24) is 10.6 Å². The number of amides is 1. The largest absolute Gasteiger partial charge is 0.351 e. The predicted molar refractivity (Wildman–Crippen MR) is 80.8 cm³/mol. The van der Waals surface area contributed by atoms with Gasteiger partial charge in [0.25, 0.3) is 11.6 Å². The smallest absolute Gasteiger partial charge is 0.271 e. The van der Waals surface area contributed by atoms with Gasteiger partial charge in [0, 0.05) is 35.8 Å². The highest BCUT2D eigenvalue weighted by atomic mass is 35.5. The lowest BCUT2D eigenvalue weighted by atomic mass is 10.2. The summed E-state index contributed by atoms with van der Waals surface area (Å²) in [7, 11) is 0. The van der Waals surface area contributed by atoms with E-state index in [1.807, 2.05) is 0 Å². The van der Waals surface area contributed by atoms with Gasteiger partial charge < -0.3 is 10.6 Å². The number of hydrogen-bond acceptors (Lipinski definition) is 4. The Hall–Kier alpha value is -1.37. The molecule has 1 rings (SSSR count). The van der Waals surface area contributed by atoms with Gasteiger partial charge in [-0.3, -0.25) is 14.9 Å². The first-order chi connectivity index (χ1) is 9.04. The minimum absolute atomic E-state index is 0. The molecule has 0 bridgehead atoms. The third kappa shape index (κ3) is 6.18. The highest BCUT2D eigenvalue weighted by Crippen LogP contribution is 2.20. The fourth-order valence-corrected chi connectivity index (χ4v) is 1.71. The first-order valence-corrected chi connectivity index (χ1v) is 6.36. The number of non-ortho nitro benzene ring substituents is 1. The minimum atomic E-state index is -0.578. The van der Waals surface area contributed by atoms with Crippen LogP contribution < -0.4 is 10.6 Å². The molecule has 0 unspecified atom stereocenters. The molecule has 112 valence electrons. The maximum Gasteiger partial charge on any atom is 0.271 e. The second-order valence-corrected chi connectivity index (χ2v) is 4.40. The average Bonchev–Trinajstić information content (AvgIpc) is 2.37. The zero-order valence-corrected chi connectivity index (χ0v) is 12.6. The Balaban J connectivity index is 0.00000361. The Bertz CT molecular complexity index is 469. The molecule has 0 atom stereocenters. The van der Waals surface area contributed by atoms with Crippen molar-refractivity contribution in [3.63, 3.8) is 0 Å². The van der Waals surface area contributed by atoms with E-state index in [2.05, 4.69) is 17.6 Å². The van der Waals surface area contributed by atoms with E-state index in [4.69, 9.17) is 11.6 Å². The van der Waals surface area contributed by atoms with E-state index < -0.39 is 4.92 Å². The molecule has 0 aliphatic rings. The third-order valence-electron chi connectivity index (χ3n) is 2.37. The van der Waals surface area contributed by atoms with Crippen LogP contribution in [0.1, 0.15) is 23.7 Å². The van der Waals surface area contributed by atoms with Crippen molar-refractivity contribution in [3.8, 4) is 0 Å². The summed E-state index contributed by atoms with van der Waals surface area (Å²) >= 11 is 5.74. The van der Waals surface area contributed by atoms with E-state index in [0.29, 0.717) is 13.1 Å². The minimum Gasteiger partial charge on any atom is -0.351 e. The molecule has 0 heterocycles. The average molecular weight is 322 g/mol. The monoisotopic (exact) mass is 321 g/mol. The number of carbonyl (C=O) groups excluding carboxylic acids is 1. The zero-order chi connectivity index (χ0) is 14.3. The number of rotatable bonds is 7. The van der Waals surface area contributed by atoms with Crippen molar-refractivity contribution in [1.29, 1.82) is 0 Å². The quantitative estimate of drug-likeness (QED) is 0.459. The number of nitro groups is 1. The number of hydrogen-bond donors (Lipinski definition) is 2. The first-order valence-electron chi connectivity index (χ1n) is 5.98. The molecule has 8 heteroatoms. The van der Waals surface area contributed by atoms with Crippen molar-refractivity contribution < 1.29 is 9.72 Å². The topological polar surface area (TPSA) is 84.3 Å². The number of benzene rings is 1. The third-order valence-corrected chi connectivity index (χ3v) is 2.59. The predicted octanol–water partition coefficient (Wildman–Crippen LogP) is 2.40. The Labute approximate surface area is 128 Å². The van der Waals surface area contributed by atoms with E-state index in [1.165, 1.54) is 18.2 Å². The number of nitro benzene ring substituents is 1. The molecule has 6 nitrogen and oxygen atoms in total. The van der Waals surface area contributed by atoms with Crippen LogP contribution in [0.5, 0.6) is 0 Å². The van der Waals surface area contributed by atoms with Crippen LogP contribution in [0.3, 0.4) is 0 Å². The van der Waals surface area contributed by atoms with E-state index in [1.54, 1.807) is 0 Å². The SMILES string of the molecule is CCCNCCNC(=O)c1cc(Cl)cc([N+](=O)[O-])c1.Cl. The molecule has 0 fully saturated rings. The molecule has 1 aromatic rings. The van der Waals surface area contributed by atoms with Gasteiger partial charge in [0.05, 0.1) is 4.92 Å². The van der Waals surface area contributed by atoms with Crippen LogP contribution in [0.4, 0.5) is 5.69 Å². The molecule has 0 aliphatic heterocycles. The Morgan fingerprint density at radius 2 is 2.00 bits per heavy atom. The highest BCUT2D eigenvalue weighted by Gasteiger charge is 2.13. The lowest BCUT2D eigenvalue weighted by Gasteiger charge is -2.06. The fraction of sp³-hybridized carbons (Fsp3) is 0.417. The van der Waals surface area contributed by atoms with Gasteiger partial charge in [0.1, 0.15) is 0 Å². The van der Waals surface area contributed by atoms with Crippen LogP contribution in [0.15, 0.2) is 18.2 Å². The van der Waals surface area contributed by atoms with Crippen molar-refractivity contribution >= 4 is 35.6 Å². The van der Waals surface area contributed by atoms with Gasteiger partial charge in [0.15, 0.2) is 0 Å². The lowest BCUT2D eigenvalue weighted by molar-refractivity contribution is -0.384. The molecule has 1 aromatic carbocycles. The molecule has 0 radical (unpaired) electrons. The van der Waals surface area contributed by atoms with Crippen LogP contribution in [0, 0.1) is 10.1 Å². The molecule has 2 N–H and O–H groups in total. The van der Waals surface area contributed by atoms with Gasteiger partial charge in [-0.1, -0.05) is 18.5 Å². The summed E-state index contributed by atoms with van der Waals surface area (Å²) in [5.41, 5.74) is -0.00329. The summed E-state index contributed by atoms with van der Waals surface area (Å²) in [4.78, 5) is 21.9. The Kier molecular flexibility index (Phi) is 8.87. The van der Waals surface area contributed by atoms with Crippen LogP contribution >= 0.6 is 24.0 Å². The van der Waals surface area contributed by atoms with Crippen molar-refractivity contribution in [2.75, 3.05) is 19.6 Å². The normalized spacial score (nSPS) is 9.70. The number of nitrogens with zero attached hydrogens (tertiary/aromatic N) is 1. The molecule has 20 heavy (non-hydrogen) atoms. The van der Waals surface area contributed by atoms with Gasteiger partial charge in [-0.05, 0) is 19.0 Å². The lowest BCUT2D eigenvalue weighted by Crippen LogP contribution is -2.32. The molecular weight excluding hydrogens is 305 g/mol. The summed E-state index contributed by atoms with van der Waals surface area (Å²) in [6.45, 7) is 4.05. The standard InChI is InChI=1S/C12H16ClN3O3.ClH/c1-2-3-14-4-5-15-12(17)9-6-10(13)8-11(7-9)16(18)19;/h6-8,14H,2-5H2,1H3,(H,15,17);1H. The summed E-state index contributed by atoms with van der Waals surface area (Å²) < 4.78 is 0. The van der Waals surface area contributed by atoms with Crippen molar-refractivity contribution in [2.45, 2.75) is 13.3 Å². The van der Waals surface area contributed by atoms with E-state index >= 15 is 0 Å². The van der Waals surface area contributed by atoms with Crippen LogP contribution in [0.25, 0.3) is 0 Å². The van der Waals surface area contributed by atoms with E-state index in [-0.39, 0.29) is 34.6 Å². The summed E-state index contributed by atoms with van der Waals surface area (Å²) in [5, 5.41) is 16.6. The van der Waals surface area contributed by atoms with Crippen LogP contribution in [0.2, 0.25) is 5.02 Å². The van der Waals surface area contributed by atoms with Gasteiger partial charge in [-0.15, -0.1) is 12.4 Å². The molecule has 1 amide bonds. The molecule has 0 saturated heterocycles. The van der Waals surface area contributed by atoms with Gasteiger partial charge >= 0.3 is 0 Å². The molecule has 0 aromatic heterocycles. The molecular formula is C12H17Cl2N3O3. The van der Waals surface area contributed by atoms with E-state index in [9.17, 15) is 14.9 Å². The zero-order valence-electron chi connectivity index (χ0n) is 11.0. The maximum absolute atomic E-state index is 11.8. The summed E-state index contributed by atoms with van der Waals surface area (Å²) in [5.74, 6) is -0.371. The van der Waals surface area contributed by atoms with Gasteiger partial charge in [-0.2, -0.15) is 0 Å². The van der Waals surface area contributed by atoms with Gasteiger partial charge in [-0.25, -0.2) is 0 Å². The number of carbonyl (C=O) groups is 1. The van der Waals surface area contributed by atoms with Crippen LogP contribution in [-0.2, 0) is 0 Å². The molecule has 0 aliphatic carbocycles. The summed E-state index contributed by atoms with van der Waals surface area (Å²) in [6.07, 6.45) is 1.02. The number of halogens is 2. The second kappa shape index (κ2) is 9.52. The summed E-state index contributed by atoms with van der Waals surface area (Å²) in [6, 6.07) is 3.82. The Morgan fingerprint density at radius 1 is 1.30 bits per heavy atom. The van der Waals surface area contributed by atoms with Crippen LogP contribution in [-0.4, -0.2) is 30.5 Å². The van der Waals surface area contributed by atoms with Crippen molar-refractivity contribution in [2.24, 2.45) is 0 Å².